The van der Waals surface area contributed by atoms with Crippen molar-refractivity contribution in [3.63, 3.8) is 0 Å². The summed E-state index contributed by atoms with van der Waals surface area (Å²) in [6.45, 7) is 0. The van der Waals surface area contributed by atoms with Gasteiger partial charge in [0.25, 0.3) is 5.69 Å². The number of non-ortho nitro benzene ring substituents is 1. The van der Waals surface area contributed by atoms with Gasteiger partial charge in [0.2, 0.25) is 0 Å². The molecule has 16 heavy (non-hydrogen) atoms. The first-order valence-electron chi connectivity index (χ1n) is 4.42. The van der Waals surface area contributed by atoms with E-state index in [1.165, 1.54) is 23.1 Å². The van der Waals surface area contributed by atoms with Crippen molar-refractivity contribution >= 4 is 11.5 Å². The lowest BCUT2D eigenvalue weighted by Gasteiger charge is -2.14. The standard InChI is InChI=1S/C10H10N4O2/c1-13(2)10(12)9-5-8(14(15)16)4-3-7(9)6-11/h3-5,12H,1-2H3. The lowest BCUT2D eigenvalue weighted by molar-refractivity contribution is -0.384. The molecule has 1 aromatic carbocycles. The van der Waals surface area contributed by atoms with Gasteiger partial charge in [0.15, 0.2) is 0 Å². The summed E-state index contributed by atoms with van der Waals surface area (Å²) in [6.07, 6.45) is 0. The van der Waals surface area contributed by atoms with Crippen LogP contribution in [0.3, 0.4) is 0 Å². The molecular weight excluding hydrogens is 208 g/mol. The average molecular weight is 218 g/mol. The molecule has 0 saturated carbocycles. The number of nitriles is 1. The van der Waals surface area contributed by atoms with Gasteiger partial charge < -0.3 is 4.90 Å². The van der Waals surface area contributed by atoms with Gasteiger partial charge in [0.1, 0.15) is 5.84 Å². The van der Waals surface area contributed by atoms with Gasteiger partial charge in [-0.3, -0.25) is 15.5 Å². The minimum Gasteiger partial charge on any atom is -0.363 e. The van der Waals surface area contributed by atoms with E-state index >= 15 is 0 Å². The first kappa shape index (κ1) is 11.7. The topological polar surface area (TPSA) is 94.0 Å². The fourth-order valence-corrected chi connectivity index (χ4v) is 1.18. The highest BCUT2D eigenvalue weighted by molar-refractivity contribution is 5.98. The molecule has 0 aliphatic carbocycles. The highest BCUT2D eigenvalue weighted by atomic mass is 16.6. The summed E-state index contributed by atoms with van der Waals surface area (Å²) in [4.78, 5) is 11.5. The number of nitro groups is 1. The van der Waals surface area contributed by atoms with Gasteiger partial charge >= 0.3 is 0 Å². The first-order chi connectivity index (χ1) is 7.47. The molecule has 6 heteroatoms. The molecule has 1 rings (SSSR count). The maximum Gasteiger partial charge on any atom is 0.270 e. The number of hydrogen-bond donors (Lipinski definition) is 1. The van der Waals surface area contributed by atoms with E-state index in [0.717, 1.165) is 0 Å². The summed E-state index contributed by atoms with van der Waals surface area (Å²) in [5.41, 5.74) is 0.395. The molecule has 0 aromatic heterocycles. The van der Waals surface area contributed by atoms with Crippen LogP contribution in [0.1, 0.15) is 11.1 Å². The van der Waals surface area contributed by atoms with Gasteiger partial charge in [0, 0.05) is 31.8 Å². The number of nitro benzene ring substituents is 1. The summed E-state index contributed by atoms with van der Waals surface area (Å²) >= 11 is 0. The Bertz CT molecular complexity index is 488. The molecule has 0 amide bonds. The van der Waals surface area contributed by atoms with E-state index in [9.17, 15) is 10.1 Å². The Labute approximate surface area is 92.4 Å². The van der Waals surface area contributed by atoms with Crippen molar-refractivity contribution < 1.29 is 4.92 Å². The number of hydrogen-bond acceptors (Lipinski definition) is 4. The van der Waals surface area contributed by atoms with Gasteiger partial charge in [0.05, 0.1) is 16.6 Å². The van der Waals surface area contributed by atoms with Crippen LogP contribution < -0.4 is 0 Å². The van der Waals surface area contributed by atoms with E-state index in [4.69, 9.17) is 10.7 Å². The van der Waals surface area contributed by atoms with Crippen molar-refractivity contribution in [1.29, 1.82) is 10.7 Å². The number of nitrogens with one attached hydrogen (secondary N) is 1. The number of nitrogens with zero attached hydrogens (tertiary/aromatic N) is 3. The maximum atomic E-state index is 10.6. The molecule has 6 nitrogen and oxygen atoms in total. The summed E-state index contributed by atoms with van der Waals surface area (Å²) in [5, 5.41) is 27.1. The fraction of sp³-hybridized carbons (Fsp3) is 0.200. The molecule has 0 bridgehead atoms. The zero-order chi connectivity index (χ0) is 12.3. The zero-order valence-corrected chi connectivity index (χ0v) is 8.89. The third kappa shape index (κ3) is 2.15. The van der Waals surface area contributed by atoms with Crippen molar-refractivity contribution in [2.24, 2.45) is 0 Å². The predicted octanol–water partition coefficient (Wildman–Crippen LogP) is 1.35. The molecule has 0 fully saturated rings. The molecule has 0 aliphatic rings. The van der Waals surface area contributed by atoms with Crippen LogP contribution in [0.25, 0.3) is 0 Å². The Kier molecular flexibility index (Phi) is 3.20. The largest absolute Gasteiger partial charge is 0.363 e. The summed E-state index contributed by atoms with van der Waals surface area (Å²) < 4.78 is 0. The average Bonchev–Trinajstić information content (AvgIpc) is 2.26. The first-order valence-corrected chi connectivity index (χ1v) is 4.42. The molecule has 1 aromatic rings. The second-order valence-corrected chi connectivity index (χ2v) is 3.34. The predicted molar refractivity (Wildman–Crippen MR) is 58.3 cm³/mol. The van der Waals surface area contributed by atoms with Gasteiger partial charge in [-0.2, -0.15) is 5.26 Å². The molecule has 0 saturated heterocycles. The van der Waals surface area contributed by atoms with Gasteiger partial charge in [-0.05, 0) is 6.07 Å². The van der Waals surface area contributed by atoms with Crippen molar-refractivity contribution in [1.82, 2.24) is 4.90 Å². The van der Waals surface area contributed by atoms with Crippen LogP contribution in [-0.4, -0.2) is 29.8 Å². The minimum atomic E-state index is -0.548. The van der Waals surface area contributed by atoms with Crippen LogP contribution in [0.2, 0.25) is 0 Å². The summed E-state index contributed by atoms with van der Waals surface area (Å²) in [5.74, 6) is 0.0697. The summed E-state index contributed by atoms with van der Waals surface area (Å²) in [7, 11) is 3.28. The van der Waals surface area contributed by atoms with Crippen LogP contribution >= 0.6 is 0 Å². The van der Waals surface area contributed by atoms with Crippen molar-refractivity contribution in [2.45, 2.75) is 0 Å². The molecule has 1 N–H and O–H groups in total. The van der Waals surface area contributed by atoms with E-state index in [1.54, 1.807) is 14.1 Å². The van der Waals surface area contributed by atoms with Crippen molar-refractivity contribution in [3.8, 4) is 6.07 Å². The highest BCUT2D eigenvalue weighted by Gasteiger charge is 2.15. The molecule has 0 unspecified atom stereocenters. The SMILES string of the molecule is CN(C)C(=N)c1cc([N+](=O)[O-])ccc1C#N. The van der Waals surface area contributed by atoms with Crippen LogP contribution in [0, 0.1) is 26.9 Å². The molecule has 0 radical (unpaired) electrons. The van der Waals surface area contributed by atoms with Crippen molar-refractivity contribution in [2.75, 3.05) is 14.1 Å². The van der Waals surface area contributed by atoms with Crippen LogP contribution in [0.4, 0.5) is 5.69 Å². The Balaban J connectivity index is 3.34. The monoisotopic (exact) mass is 218 g/mol. The second kappa shape index (κ2) is 4.40. The molecule has 0 spiro atoms. The quantitative estimate of drug-likeness (QED) is 0.351. The van der Waals surface area contributed by atoms with E-state index < -0.39 is 4.92 Å². The van der Waals surface area contributed by atoms with Gasteiger partial charge in [-0.1, -0.05) is 0 Å². The molecule has 0 atom stereocenters. The van der Waals surface area contributed by atoms with Crippen molar-refractivity contribution in [3.05, 3.63) is 39.4 Å². The van der Waals surface area contributed by atoms with E-state index in [-0.39, 0.29) is 22.6 Å². The van der Waals surface area contributed by atoms with E-state index in [1.807, 2.05) is 6.07 Å². The Morgan fingerprint density at radius 1 is 1.56 bits per heavy atom. The van der Waals surface area contributed by atoms with Crippen LogP contribution in [-0.2, 0) is 0 Å². The Morgan fingerprint density at radius 3 is 2.62 bits per heavy atom. The van der Waals surface area contributed by atoms with E-state index in [2.05, 4.69) is 0 Å². The second-order valence-electron chi connectivity index (χ2n) is 3.34. The van der Waals surface area contributed by atoms with Gasteiger partial charge in [-0.25, -0.2) is 0 Å². The molecular formula is C10H10N4O2. The maximum absolute atomic E-state index is 10.6. The highest BCUT2D eigenvalue weighted by Crippen LogP contribution is 2.18. The lowest BCUT2D eigenvalue weighted by atomic mass is 10.1. The zero-order valence-electron chi connectivity index (χ0n) is 8.89. The number of amidine groups is 1. The van der Waals surface area contributed by atoms with Crippen LogP contribution in [0.5, 0.6) is 0 Å². The van der Waals surface area contributed by atoms with Crippen LogP contribution in [0.15, 0.2) is 18.2 Å². The minimum absolute atomic E-state index is 0.0697. The fourth-order valence-electron chi connectivity index (χ4n) is 1.18. The van der Waals surface area contributed by atoms with E-state index in [0.29, 0.717) is 0 Å². The molecule has 82 valence electrons. The Hall–Kier alpha value is -2.42. The normalized spacial score (nSPS) is 9.31. The summed E-state index contributed by atoms with van der Waals surface area (Å²) in [6, 6.07) is 5.75. The third-order valence-corrected chi connectivity index (χ3v) is 2.04. The molecule has 0 aliphatic heterocycles. The lowest BCUT2D eigenvalue weighted by Crippen LogP contribution is -2.22. The molecule has 0 heterocycles. The van der Waals surface area contributed by atoms with Gasteiger partial charge in [-0.15, -0.1) is 0 Å². The Morgan fingerprint density at radius 2 is 2.19 bits per heavy atom. The number of benzene rings is 1. The number of rotatable bonds is 2. The smallest absolute Gasteiger partial charge is 0.270 e. The third-order valence-electron chi connectivity index (χ3n) is 2.04.